The van der Waals surface area contributed by atoms with Gasteiger partial charge in [-0.15, -0.1) is 11.3 Å². The zero-order valence-electron chi connectivity index (χ0n) is 12.1. The molecule has 0 spiro atoms. The number of rotatable bonds is 3. The van der Waals surface area contributed by atoms with Crippen molar-refractivity contribution in [1.29, 1.82) is 0 Å². The minimum absolute atomic E-state index is 0.274. The van der Waals surface area contributed by atoms with Gasteiger partial charge in [-0.2, -0.15) is 13.2 Å². The van der Waals surface area contributed by atoms with Crippen LogP contribution in [0.3, 0.4) is 0 Å². The van der Waals surface area contributed by atoms with Crippen LogP contribution < -0.4 is 10.6 Å². The molecule has 2 aromatic heterocycles. The van der Waals surface area contributed by atoms with Crippen molar-refractivity contribution in [3.05, 3.63) is 16.8 Å². The highest BCUT2D eigenvalue weighted by Gasteiger charge is 2.29. The highest BCUT2D eigenvalue weighted by atomic mass is 32.1. The first-order valence-corrected chi connectivity index (χ1v) is 8.03. The van der Waals surface area contributed by atoms with Crippen molar-refractivity contribution >= 4 is 27.4 Å². The van der Waals surface area contributed by atoms with E-state index in [0.717, 1.165) is 37.3 Å². The average Bonchev–Trinajstić information content (AvgIpc) is 2.80. The number of halogens is 3. The van der Waals surface area contributed by atoms with E-state index in [9.17, 15) is 13.2 Å². The molecular formula is C14H17F3N4S. The first-order valence-electron chi connectivity index (χ1n) is 7.22. The Hall–Kier alpha value is -1.41. The molecule has 3 rings (SSSR count). The smallest absolute Gasteiger partial charge is 0.367 e. The number of nitrogens with zero attached hydrogens (tertiary/aromatic N) is 2. The van der Waals surface area contributed by atoms with E-state index in [1.807, 2.05) is 0 Å². The van der Waals surface area contributed by atoms with Crippen LogP contribution in [0.4, 0.5) is 19.0 Å². The van der Waals surface area contributed by atoms with Crippen molar-refractivity contribution in [3.8, 4) is 0 Å². The highest BCUT2D eigenvalue weighted by Crippen LogP contribution is 2.33. The van der Waals surface area contributed by atoms with Crippen molar-refractivity contribution in [1.82, 2.24) is 15.3 Å². The molecule has 0 atom stereocenters. The monoisotopic (exact) mass is 330 g/mol. The van der Waals surface area contributed by atoms with E-state index in [1.54, 1.807) is 13.0 Å². The van der Waals surface area contributed by atoms with E-state index in [0.29, 0.717) is 27.9 Å². The van der Waals surface area contributed by atoms with Gasteiger partial charge >= 0.3 is 6.18 Å². The molecule has 4 nitrogen and oxygen atoms in total. The molecule has 1 saturated heterocycles. The number of aryl methyl sites for hydroxylation is 1. The number of alkyl halides is 3. The standard InChI is InChI=1S/C14H17F3N4S/c1-8-19-12(21-9-2-4-18-5-3-9)11-6-10(7-14(15,16)17)22-13(11)20-8/h6,9,18H,2-5,7H2,1H3,(H,19,20,21). The molecule has 1 fully saturated rings. The Morgan fingerprint density at radius 2 is 2.05 bits per heavy atom. The number of piperidine rings is 1. The van der Waals surface area contributed by atoms with E-state index in [4.69, 9.17) is 0 Å². The van der Waals surface area contributed by atoms with Gasteiger partial charge < -0.3 is 10.6 Å². The molecule has 0 aliphatic carbocycles. The lowest BCUT2D eigenvalue weighted by Crippen LogP contribution is -2.35. The number of hydrogen-bond acceptors (Lipinski definition) is 5. The Morgan fingerprint density at radius 1 is 1.32 bits per heavy atom. The van der Waals surface area contributed by atoms with Gasteiger partial charge in [-0.05, 0) is 38.9 Å². The summed E-state index contributed by atoms with van der Waals surface area (Å²) < 4.78 is 37.7. The largest absolute Gasteiger partial charge is 0.393 e. The minimum atomic E-state index is -4.20. The van der Waals surface area contributed by atoms with Gasteiger partial charge in [-0.1, -0.05) is 0 Å². The minimum Gasteiger partial charge on any atom is -0.367 e. The van der Waals surface area contributed by atoms with Crippen molar-refractivity contribution in [2.75, 3.05) is 18.4 Å². The lowest BCUT2D eigenvalue weighted by Gasteiger charge is -2.24. The molecule has 3 heterocycles. The quantitative estimate of drug-likeness (QED) is 0.907. The van der Waals surface area contributed by atoms with Crippen LogP contribution in [0.5, 0.6) is 0 Å². The molecule has 2 aromatic rings. The lowest BCUT2D eigenvalue weighted by molar-refractivity contribution is -0.126. The fraction of sp³-hybridized carbons (Fsp3) is 0.571. The van der Waals surface area contributed by atoms with E-state index < -0.39 is 12.6 Å². The van der Waals surface area contributed by atoms with Crippen LogP contribution in [-0.2, 0) is 6.42 Å². The summed E-state index contributed by atoms with van der Waals surface area (Å²) in [5.74, 6) is 1.23. The Bertz CT molecular complexity index is 662. The van der Waals surface area contributed by atoms with E-state index in [2.05, 4.69) is 20.6 Å². The van der Waals surface area contributed by atoms with Crippen molar-refractivity contribution in [2.24, 2.45) is 0 Å². The normalized spacial score (nSPS) is 17.1. The second kappa shape index (κ2) is 6.00. The first-order chi connectivity index (χ1) is 10.4. The van der Waals surface area contributed by atoms with Crippen LogP contribution in [0.25, 0.3) is 10.2 Å². The number of fused-ring (bicyclic) bond motifs is 1. The second-order valence-corrected chi connectivity index (χ2v) is 6.63. The molecule has 0 aromatic carbocycles. The number of nitrogens with one attached hydrogen (secondary N) is 2. The summed E-state index contributed by atoms with van der Waals surface area (Å²) in [6.45, 7) is 3.64. The second-order valence-electron chi connectivity index (χ2n) is 5.51. The first kappa shape index (κ1) is 15.5. The van der Waals surface area contributed by atoms with Crippen LogP contribution in [0.2, 0.25) is 0 Å². The molecular weight excluding hydrogens is 313 g/mol. The van der Waals surface area contributed by atoms with Crippen LogP contribution >= 0.6 is 11.3 Å². The molecule has 2 N–H and O–H groups in total. The maximum atomic E-state index is 12.6. The molecule has 22 heavy (non-hydrogen) atoms. The summed E-state index contributed by atoms with van der Waals surface area (Å²) in [5, 5.41) is 7.35. The predicted molar refractivity (Wildman–Crippen MR) is 81.4 cm³/mol. The lowest BCUT2D eigenvalue weighted by atomic mass is 10.1. The van der Waals surface area contributed by atoms with Gasteiger partial charge in [-0.3, -0.25) is 0 Å². The SMILES string of the molecule is Cc1nc(NC2CCNCC2)c2cc(CC(F)(F)F)sc2n1. The van der Waals surface area contributed by atoms with E-state index >= 15 is 0 Å². The molecule has 8 heteroatoms. The van der Waals surface area contributed by atoms with Gasteiger partial charge in [0.2, 0.25) is 0 Å². The van der Waals surface area contributed by atoms with Crippen molar-refractivity contribution in [2.45, 2.75) is 38.4 Å². The zero-order valence-corrected chi connectivity index (χ0v) is 12.9. The highest BCUT2D eigenvalue weighted by molar-refractivity contribution is 7.18. The summed E-state index contributed by atoms with van der Waals surface area (Å²) in [6.07, 6.45) is -3.17. The molecule has 0 radical (unpaired) electrons. The van der Waals surface area contributed by atoms with E-state index in [-0.39, 0.29) is 4.88 Å². The molecule has 0 bridgehead atoms. The number of anilines is 1. The fourth-order valence-corrected chi connectivity index (χ4v) is 3.74. The summed E-state index contributed by atoms with van der Waals surface area (Å²) in [4.78, 5) is 9.54. The average molecular weight is 330 g/mol. The third-order valence-corrected chi connectivity index (χ3v) is 4.64. The fourth-order valence-electron chi connectivity index (χ4n) is 2.63. The van der Waals surface area contributed by atoms with Crippen LogP contribution in [0, 0.1) is 6.92 Å². The molecule has 1 aliphatic rings. The molecule has 0 unspecified atom stereocenters. The maximum absolute atomic E-state index is 12.6. The Labute approximate surface area is 130 Å². The predicted octanol–water partition coefficient (Wildman–Crippen LogP) is 3.27. The topological polar surface area (TPSA) is 49.8 Å². The summed E-state index contributed by atoms with van der Waals surface area (Å²) in [7, 11) is 0. The third-order valence-electron chi connectivity index (χ3n) is 3.61. The molecule has 0 saturated carbocycles. The Morgan fingerprint density at radius 3 is 2.73 bits per heavy atom. The number of aromatic nitrogens is 2. The zero-order chi connectivity index (χ0) is 15.7. The van der Waals surface area contributed by atoms with Gasteiger partial charge in [0, 0.05) is 10.9 Å². The Balaban J connectivity index is 1.90. The maximum Gasteiger partial charge on any atom is 0.393 e. The van der Waals surface area contributed by atoms with Gasteiger partial charge in [0.25, 0.3) is 0 Å². The third kappa shape index (κ3) is 3.67. The van der Waals surface area contributed by atoms with Crippen LogP contribution in [0.15, 0.2) is 6.07 Å². The number of hydrogen-bond donors (Lipinski definition) is 2. The van der Waals surface area contributed by atoms with Crippen molar-refractivity contribution in [3.63, 3.8) is 0 Å². The molecule has 120 valence electrons. The van der Waals surface area contributed by atoms with Gasteiger partial charge in [0.15, 0.2) is 0 Å². The van der Waals surface area contributed by atoms with Crippen LogP contribution in [0.1, 0.15) is 23.5 Å². The molecule has 0 amide bonds. The van der Waals surface area contributed by atoms with Gasteiger partial charge in [0.1, 0.15) is 16.5 Å². The van der Waals surface area contributed by atoms with Crippen LogP contribution in [-0.4, -0.2) is 35.3 Å². The molecule has 1 aliphatic heterocycles. The van der Waals surface area contributed by atoms with Gasteiger partial charge in [0.05, 0.1) is 11.8 Å². The summed E-state index contributed by atoms with van der Waals surface area (Å²) in [5.41, 5.74) is 0. The van der Waals surface area contributed by atoms with E-state index in [1.165, 1.54) is 0 Å². The van der Waals surface area contributed by atoms with Crippen molar-refractivity contribution < 1.29 is 13.2 Å². The number of thiophene rings is 1. The van der Waals surface area contributed by atoms with Gasteiger partial charge in [-0.25, -0.2) is 9.97 Å². The summed E-state index contributed by atoms with van der Waals surface area (Å²) in [6, 6.07) is 1.86. The summed E-state index contributed by atoms with van der Waals surface area (Å²) >= 11 is 1.09. The Kier molecular flexibility index (Phi) is 4.22.